The number of fused-ring (bicyclic) bond motifs is 1. The summed E-state index contributed by atoms with van der Waals surface area (Å²) in [5.41, 5.74) is -3.59. The number of likely N-dealkylation sites (tertiary alicyclic amines) is 1. The van der Waals surface area contributed by atoms with Gasteiger partial charge in [-0.05, 0) is 37.6 Å². The topological polar surface area (TPSA) is 95.8 Å². The zero-order valence-corrected chi connectivity index (χ0v) is 22.2. The molecule has 4 rings (SSSR count). The Bertz CT molecular complexity index is 1400. The number of benzene rings is 1. The van der Waals surface area contributed by atoms with Crippen molar-refractivity contribution in [1.82, 2.24) is 24.6 Å². The maximum atomic E-state index is 14.6. The van der Waals surface area contributed by atoms with Gasteiger partial charge >= 0.3 is 5.51 Å². The quantitative estimate of drug-likeness (QED) is 0.227. The number of carbonyl (C=O) groups is 1. The van der Waals surface area contributed by atoms with E-state index in [9.17, 15) is 22.4 Å². The van der Waals surface area contributed by atoms with Crippen molar-refractivity contribution in [2.75, 3.05) is 51.5 Å². The first-order valence-electron chi connectivity index (χ1n) is 11.9. The summed E-state index contributed by atoms with van der Waals surface area (Å²) in [7, 11) is 4.79. The number of nitrogens with one attached hydrogen (secondary N) is 3. The molecule has 1 aliphatic heterocycles. The Morgan fingerprint density at radius 2 is 2.13 bits per heavy atom. The molecule has 39 heavy (non-hydrogen) atoms. The fourth-order valence-corrected chi connectivity index (χ4v) is 4.79. The first-order valence-corrected chi connectivity index (χ1v) is 12.8. The van der Waals surface area contributed by atoms with Crippen LogP contribution in [0.25, 0.3) is 5.65 Å². The zero-order chi connectivity index (χ0) is 28.2. The Balaban J connectivity index is 1.59. The normalized spacial score (nSPS) is 17.8. The lowest BCUT2D eigenvalue weighted by Crippen LogP contribution is -2.46. The summed E-state index contributed by atoms with van der Waals surface area (Å²) in [6.07, 6.45) is 2.05. The van der Waals surface area contributed by atoms with E-state index in [2.05, 4.69) is 37.8 Å². The minimum absolute atomic E-state index is 0.0577. The van der Waals surface area contributed by atoms with Crippen molar-refractivity contribution in [3.05, 3.63) is 41.9 Å². The average molecular weight is 566 g/mol. The molecule has 3 heterocycles. The molecule has 2 atom stereocenters. The van der Waals surface area contributed by atoms with Crippen molar-refractivity contribution in [3.8, 4) is 17.6 Å². The number of ether oxygens (including phenoxy) is 1. The van der Waals surface area contributed by atoms with Crippen molar-refractivity contribution in [2.45, 2.75) is 29.2 Å². The van der Waals surface area contributed by atoms with E-state index in [0.29, 0.717) is 30.0 Å². The first-order chi connectivity index (χ1) is 18.6. The molecule has 1 unspecified atom stereocenters. The molecule has 1 saturated heterocycles. The SMILES string of the molecule is CNC(=O)c1ccc(NCC#Cc2nc3c(NC4CCN(C)C[C@@H]4F)nccn3c2SC(F)(F)F)c(OC)c1. The second kappa shape index (κ2) is 12.0. The highest BCUT2D eigenvalue weighted by Crippen LogP contribution is 2.39. The lowest BCUT2D eigenvalue weighted by molar-refractivity contribution is -0.0330. The molecular formula is C25H27F4N7O2S. The number of nitrogens with zero attached hydrogens (tertiary/aromatic N) is 4. The number of piperidine rings is 1. The number of aromatic nitrogens is 3. The van der Waals surface area contributed by atoms with Crippen LogP contribution in [-0.4, -0.2) is 83.7 Å². The van der Waals surface area contributed by atoms with Gasteiger partial charge in [-0.15, -0.1) is 0 Å². The molecule has 3 N–H and O–H groups in total. The maximum Gasteiger partial charge on any atom is 0.447 e. The summed E-state index contributed by atoms with van der Waals surface area (Å²) in [4.78, 5) is 22.3. The molecule has 1 aliphatic rings. The van der Waals surface area contributed by atoms with Crippen LogP contribution in [0.2, 0.25) is 0 Å². The van der Waals surface area contributed by atoms with E-state index in [1.165, 1.54) is 31.0 Å². The highest BCUT2D eigenvalue weighted by Gasteiger charge is 2.34. The summed E-state index contributed by atoms with van der Waals surface area (Å²) in [6.45, 7) is 0.976. The van der Waals surface area contributed by atoms with Gasteiger partial charge in [0.25, 0.3) is 5.91 Å². The molecular weight excluding hydrogens is 538 g/mol. The number of anilines is 2. The van der Waals surface area contributed by atoms with Crippen LogP contribution < -0.4 is 20.7 Å². The van der Waals surface area contributed by atoms with Crippen molar-refractivity contribution >= 4 is 34.8 Å². The molecule has 0 spiro atoms. The van der Waals surface area contributed by atoms with Crippen molar-refractivity contribution in [1.29, 1.82) is 0 Å². The summed E-state index contributed by atoms with van der Waals surface area (Å²) in [6, 6.07) is 4.26. The predicted octanol–water partition coefficient (Wildman–Crippen LogP) is 3.63. The lowest BCUT2D eigenvalue weighted by Gasteiger charge is -2.32. The van der Waals surface area contributed by atoms with Gasteiger partial charge in [-0.25, -0.2) is 14.4 Å². The van der Waals surface area contributed by atoms with Crippen LogP contribution in [0.1, 0.15) is 22.5 Å². The maximum absolute atomic E-state index is 14.6. The summed E-state index contributed by atoms with van der Waals surface area (Å²) in [5.74, 6) is 5.82. The van der Waals surface area contributed by atoms with Gasteiger partial charge < -0.3 is 25.6 Å². The number of carbonyl (C=O) groups excluding carboxylic acids is 1. The molecule has 14 heteroatoms. The molecule has 9 nitrogen and oxygen atoms in total. The number of hydrogen-bond acceptors (Lipinski definition) is 8. The first kappa shape index (κ1) is 28.3. The average Bonchev–Trinajstić information content (AvgIpc) is 3.24. The van der Waals surface area contributed by atoms with Crippen LogP contribution in [0.4, 0.5) is 29.1 Å². The Labute approximate surface area is 226 Å². The summed E-state index contributed by atoms with van der Waals surface area (Å²) >= 11 is -0.331. The molecule has 1 fully saturated rings. The van der Waals surface area contributed by atoms with E-state index in [-0.39, 0.29) is 52.9 Å². The van der Waals surface area contributed by atoms with Gasteiger partial charge in [-0.1, -0.05) is 5.92 Å². The molecule has 0 bridgehead atoms. The number of methoxy groups -OCH3 is 1. The van der Waals surface area contributed by atoms with Crippen LogP contribution in [-0.2, 0) is 0 Å². The molecule has 208 valence electrons. The number of hydrogen-bond donors (Lipinski definition) is 3. The molecule has 3 aromatic rings. The number of amides is 1. The fraction of sp³-hybridized carbons (Fsp3) is 0.400. The van der Waals surface area contributed by atoms with Crippen LogP contribution in [0, 0.1) is 11.8 Å². The highest BCUT2D eigenvalue weighted by molar-refractivity contribution is 8.00. The predicted molar refractivity (Wildman–Crippen MR) is 141 cm³/mol. The molecule has 0 aliphatic carbocycles. The van der Waals surface area contributed by atoms with E-state index >= 15 is 0 Å². The monoisotopic (exact) mass is 565 g/mol. The number of thioether (sulfide) groups is 1. The van der Waals surface area contributed by atoms with Gasteiger partial charge in [0.1, 0.15) is 22.6 Å². The highest BCUT2D eigenvalue weighted by atomic mass is 32.2. The number of halogens is 4. The smallest absolute Gasteiger partial charge is 0.447 e. The Morgan fingerprint density at radius 1 is 1.33 bits per heavy atom. The van der Waals surface area contributed by atoms with Gasteiger partial charge in [0.15, 0.2) is 11.5 Å². The van der Waals surface area contributed by atoms with Crippen LogP contribution in [0.15, 0.2) is 35.6 Å². The van der Waals surface area contributed by atoms with Gasteiger partial charge in [0, 0.05) is 49.9 Å². The fourth-order valence-electron chi connectivity index (χ4n) is 4.13. The third kappa shape index (κ3) is 6.85. The van der Waals surface area contributed by atoms with Gasteiger partial charge in [-0.2, -0.15) is 13.2 Å². The minimum atomic E-state index is -4.58. The van der Waals surface area contributed by atoms with Gasteiger partial charge in [0.2, 0.25) is 0 Å². The second-order valence-corrected chi connectivity index (χ2v) is 9.80. The Kier molecular flexibility index (Phi) is 8.71. The molecule has 1 amide bonds. The lowest BCUT2D eigenvalue weighted by atomic mass is 10.0. The Hall–Kier alpha value is -3.70. The van der Waals surface area contributed by atoms with Crippen molar-refractivity contribution in [2.24, 2.45) is 0 Å². The zero-order valence-electron chi connectivity index (χ0n) is 21.4. The number of alkyl halides is 4. The van der Waals surface area contributed by atoms with E-state index in [0.717, 1.165) is 0 Å². The summed E-state index contributed by atoms with van der Waals surface area (Å²) in [5, 5.41) is 8.36. The third-order valence-electron chi connectivity index (χ3n) is 6.04. The molecule has 0 saturated carbocycles. The molecule has 2 aromatic heterocycles. The largest absolute Gasteiger partial charge is 0.495 e. The van der Waals surface area contributed by atoms with Gasteiger partial charge in [-0.3, -0.25) is 9.20 Å². The number of rotatable bonds is 7. The van der Waals surface area contributed by atoms with E-state index in [1.807, 2.05) is 11.9 Å². The van der Waals surface area contributed by atoms with Crippen molar-refractivity contribution < 1.29 is 27.1 Å². The van der Waals surface area contributed by atoms with Crippen LogP contribution in [0.3, 0.4) is 0 Å². The van der Waals surface area contributed by atoms with E-state index in [1.54, 1.807) is 18.2 Å². The second-order valence-electron chi connectivity index (χ2n) is 8.75. The third-order valence-corrected chi connectivity index (χ3v) is 6.86. The molecule has 0 radical (unpaired) electrons. The van der Waals surface area contributed by atoms with E-state index in [4.69, 9.17) is 4.74 Å². The van der Waals surface area contributed by atoms with Gasteiger partial charge in [0.05, 0.1) is 25.4 Å². The van der Waals surface area contributed by atoms with Crippen LogP contribution >= 0.6 is 11.8 Å². The van der Waals surface area contributed by atoms with Crippen LogP contribution in [0.5, 0.6) is 5.75 Å². The number of imidazole rings is 1. The van der Waals surface area contributed by atoms with Crippen molar-refractivity contribution in [3.63, 3.8) is 0 Å². The standard InChI is InChI=1S/C25H27F4N7O2S/c1-30-23(37)15-6-7-18(20(13-15)38-3)31-9-4-5-19-24(39-25(27,28)29)36-12-10-32-21(22(36)34-19)33-17-8-11-35(2)14-16(17)26/h6-7,10,12-13,16-17,31H,8-9,11,14H2,1-3H3,(H,30,37)(H,32,33)/t16-,17?/m0/s1. The summed E-state index contributed by atoms with van der Waals surface area (Å²) < 4.78 is 61.5. The molecule has 1 aromatic carbocycles. The minimum Gasteiger partial charge on any atom is -0.495 e. The van der Waals surface area contributed by atoms with E-state index < -0.39 is 17.7 Å². The Morgan fingerprint density at radius 3 is 2.82 bits per heavy atom.